The Hall–Kier alpha value is -0.710. The molecule has 2 N–H and O–H groups in total. The molecule has 1 atom stereocenters. The van der Waals surface area contributed by atoms with E-state index >= 15 is 0 Å². The Balaban J connectivity index is 2.23. The summed E-state index contributed by atoms with van der Waals surface area (Å²) in [7, 11) is 0. The maximum atomic E-state index is 10.4. The van der Waals surface area contributed by atoms with Crippen LogP contribution in [0.5, 0.6) is 0 Å². The molecule has 0 fully saturated rings. The van der Waals surface area contributed by atoms with Crippen LogP contribution in [0.15, 0.2) is 24.3 Å². The molecule has 0 heterocycles. The molecular formula is C20H36N2OS. The third-order valence-electron chi connectivity index (χ3n) is 4.49. The summed E-state index contributed by atoms with van der Waals surface area (Å²) in [5.41, 5.74) is 2.10. The van der Waals surface area contributed by atoms with Crippen molar-refractivity contribution in [1.82, 2.24) is 4.90 Å². The van der Waals surface area contributed by atoms with Crippen LogP contribution in [0.25, 0.3) is 0 Å². The summed E-state index contributed by atoms with van der Waals surface area (Å²) < 4.78 is 3.20. The van der Waals surface area contributed by atoms with E-state index in [2.05, 4.69) is 23.5 Å². The van der Waals surface area contributed by atoms with E-state index in [0.29, 0.717) is 0 Å². The Bertz CT molecular complexity index is 411. The molecule has 0 aliphatic rings. The van der Waals surface area contributed by atoms with Crippen LogP contribution in [0.4, 0.5) is 5.69 Å². The number of hydrogen-bond donors (Lipinski definition) is 2. The van der Waals surface area contributed by atoms with E-state index in [1.807, 2.05) is 30.5 Å². The minimum atomic E-state index is -0.350. The number of nitrogens with one attached hydrogen (secondary N) is 1. The van der Waals surface area contributed by atoms with Gasteiger partial charge >= 0.3 is 0 Å². The predicted molar refractivity (Wildman–Crippen MR) is 109 cm³/mol. The first-order valence-corrected chi connectivity index (χ1v) is 10.7. The lowest BCUT2D eigenvalue weighted by Crippen LogP contribution is -2.26. The molecule has 0 aliphatic heterocycles. The van der Waals surface area contributed by atoms with Crippen molar-refractivity contribution in [2.75, 3.05) is 30.6 Å². The molecule has 0 aromatic heterocycles. The van der Waals surface area contributed by atoms with E-state index in [9.17, 15) is 5.11 Å². The summed E-state index contributed by atoms with van der Waals surface area (Å²) in [6.07, 6.45) is 10.2. The lowest BCUT2D eigenvalue weighted by molar-refractivity contribution is 0.155. The molecule has 3 nitrogen and oxygen atoms in total. The largest absolute Gasteiger partial charge is 0.388 e. The third kappa shape index (κ3) is 8.95. The second-order valence-electron chi connectivity index (χ2n) is 6.43. The summed E-state index contributed by atoms with van der Waals surface area (Å²) in [6, 6.07) is 8.11. The maximum Gasteiger partial charge on any atom is 0.0790 e. The summed E-state index contributed by atoms with van der Waals surface area (Å²) >= 11 is 1.58. The van der Waals surface area contributed by atoms with Crippen molar-refractivity contribution in [1.29, 1.82) is 0 Å². The standard InChI is InChI=1S/C20H36N2OS/c1-4-6-7-8-9-16-22(5-2)17-10-11-20(23)18-12-14-19(15-13-18)21-24-3/h12-15,20-21,23H,4-11,16-17H2,1-3H3. The lowest BCUT2D eigenvalue weighted by atomic mass is 10.0. The fraction of sp³-hybridized carbons (Fsp3) is 0.700. The van der Waals surface area contributed by atoms with E-state index in [1.54, 1.807) is 11.9 Å². The molecule has 0 spiro atoms. The van der Waals surface area contributed by atoms with Crippen LogP contribution in [0.3, 0.4) is 0 Å². The van der Waals surface area contributed by atoms with Crippen LogP contribution in [-0.4, -0.2) is 35.9 Å². The molecule has 1 unspecified atom stereocenters. The van der Waals surface area contributed by atoms with Gasteiger partial charge in [0.1, 0.15) is 0 Å². The summed E-state index contributed by atoms with van der Waals surface area (Å²) in [5.74, 6) is 0. The number of anilines is 1. The number of unbranched alkanes of at least 4 members (excludes halogenated alkanes) is 4. The monoisotopic (exact) mass is 352 g/mol. The second kappa shape index (κ2) is 13.6. The van der Waals surface area contributed by atoms with Crippen molar-refractivity contribution >= 4 is 17.6 Å². The fourth-order valence-corrected chi connectivity index (χ4v) is 3.30. The van der Waals surface area contributed by atoms with Crippen LogP contribution in [0.2, 0.25) is 0 Å². The van der Waals surface area contributed by atoms with E-state index < -0.39 is 0 Å². The smallest absolute Gasteiger partial charge is 0.0790 e. The minimum absolute atomic E-state index is 0.350. The fourth-order valence-electron chi connectivity index (χ4n) is 2.93. The van der Waals surface area contributed by atoms with Crippen molar-refractivity contribution in [3.63, 3.8) is 0 Å². The molecule has 0 bridgehead atoms. The van der Waals surface area contributed by atoms with Crippen LogP contribution < -0.4 is 4.72 Å². The van der Waals surface area contributed by atoms with Gasteiger partial charge in [-0.25, -0.2) is 0 Å². The molecule has 0 radical (unpaired) electrons. The van der Waals surface area contributed by atoms with E-state index in [4.69, 9.17) is 0 Å². The molecule has 138 valence electrons. The van der Waals surface area contributed by atoms with E-state index in [1.165, 1.54) is 38.6 Å². The van der Waals surface area contributed by atoms with Gasteiger partial charge in [-0.15, -0.1) is 0 Å². The molecule has 0 aliphatic carbocycles. The van der Waals surface area contributed by atoms with Crippen LogP contribution in [-0.2, 0) is 0 Å². The van der Waals surface area contributed by atoms with Gasteiger partial charge in [0.2, 0.25) is 0 Å². The maximum absolute atomic E-state index is 10.4. The average molecular weight is 353 g/mol. The number of aliphatic hydroxyl groups is 1. The van der Waals surface area contributed by atoms with Crippen molar-refractivity contribution in [2.24, 2.45) is 0 Å². The summed E-state index contributed by atoms with van der Waals surface area (Å²) in [4.78, 5) is 2.52. The SMILES string of the molecule is CCCCCCCN(CC)CCCC(O)c1ccc(NSC)cc1. The normalized spacial score (nSPS) is 12.5. The van der Waals surface area contributed by atoms with Gasteiger partial charge in [-0.1, -0.05) is 63.6 Å². The van der Waals surface area contributed by atoms with Crippen LogP contribution in [0.1, 0.15) is 70.5 Å². The van der Waals surface area contributed by atoms with Gasteiger partial charge in [0.25, 0.3) is 0 Å². The van der Waals surface area contributed by atoms with Gasteiger partial charge in [-0.3, -0.25) is 0 Å². The van der Waals surface area contributed by atoms with E-state index in [0.717, 1.165) is 37.2 Å². The van der Waals surface area contributed by atoms with Gasteiger partial charge in [0, 0.05) is 11.9 Å². The zero-order valence-corrected chi connectivity index (χ0v) is 16.6. The highest BCUT2D eigenvalue weighted by atomic mass is 32.2. The first-order chi connectivity index (χ1) is 11.7. The quantitative estimate of drug-likeness (QED) is 0.343. The molecule has 0 saturated carbocycles. The molecule has 4 heteroatoms. The Kier molecular flexibility index (Phi) is 12.1. The first-order valence-electron chi connectivity index (χ1n) is 9.50. The molecule has 1 aromatic carbocycles. The van der Waals surface area contributed by atoms with Crippen molar-refractivity contribution in [3.05, 3.63) is 29.8 Å². The van der Waals surface area contributed by atoms with Gasteiger partial charge in [-0.05, 0) is 56.6 Å². The first kappa shape index (κ1) is 21.3. The highest BCUT2D eigenvalue weighted by Crippen LogP contribution is 2.21. The number of hydrogen-bond acceptors (Lipinski definition) is 4. The molecule has 1 aromatic rings. The Morgan fingerprint density at radius 3 is 2.29 bits per heavy atom. The number of rotatable bonds is 14. The van der Waals surface area contributed by atoms with E-state index in [-0.39, 0.29) is 6.10 Å². The predicted octanol–water partition coefficient (Wildman–Crippen LogP) is 5.48. The Labute approximate surface area is 153 Å². The number of aliphatic hydroxyl groups excluding tert-OH is 1. The van der Waals surface area contributed by atoms with Crippen LogP contribution >= 0.6 is 11.9 Å². The minimum Gasteiger partial charge on any atom is -0.388 e. The van der Waals surface area contributed by atoms with Crippen LogP contribution in [0, 0.1) is 0 Å². The Morgan fingerprint density at radius 1 is 1.00 bits per heavy atom. The van der Waals surface area contributed by atoms with Gasteiger partial charge in [0.05, 0.1) is 6.10 Å². The molecular weight excluding hydrogens is 316 g/mol. The van der Waals surface area contributed by atoms with Gasteiger partial charge < -0.3 is 14.7 Å². The number of benzene rings is 1. The molecule has 0 saturated heterocycles. The topological polar surface area (TPSA) is 35.5 Å². The second-order valence-corrected chi connectivity index (χ2v) is 7.05. The van der Waals surface area contributed by atoms with Gasteiger partial charge in [-0.2, -0.15) is 0 Å². The lowest BCUT2D eigenvalue weighted by Gasteiger charge is -2.21. The zero-order valence-electron chi connectivity index (χ0n) is 15.8. The zero-order chi connectivity index (χ0) is 17.6. The van der Waals surface area contributed by atoms with Crippen molar-refractivity contribution in [3.8, 4) is 0 Å². The Morgan fingerprint density at radius 2 is 1.67 bits per heavy atom. The molecule has 1 rings (SSSR count). The van der Waals surface area contributed by atoms with Gasteiger partial charge in [0.15, 0.2) is 0 Å². The number of nitrogens with zero attached hydrogens (tertiary/aromatic N) is 1. The highest BCUT2D eigenvalue weighted by molar-refractivity contribution is 7.99. The highest BCUT2D eigenvalue weighted by Gasteiger charge is 2.09. The van der Waals surface area contributed by atoms with Crippen molar-refractivity contribution < 1.29 is 5.11 Å². The summed E-state index contributed by atoms with van der Waals surface area (Å²) in [5, 5.41) is 10.4. The molecule has 24 heavy (non-hydrogen) atoms. The van der Waals surface area contributed by atoms with Crippen molar-refractivity contribution in [2.45, 2.75) is 64.9 Å². The average Bonchev–Trinajstić information content (AvgIpc) is 2.60. The summed E-state index contributed by atoms with van der Waals surface area (Å²) in [6.45, 7) is 7.90. The molecule has 0 amide bonds. The third-order valence-corrected chi connectivity index (χ3v) is 4.93.